The molecule has 1 aliphatic rings. The number of nitrogens with one attached hydrogen (secondary N) is 1. The van der Waals surface area contributed by atoms with Gasteiger partial charge in [0.15, 0.2) is 0 Å². The molecule has 5 nitrogen and oxygen atoms in total. The molecule has 0 saturated carbocycles. The lowest BCUT2D eigenvalue weighted by Crippen LogP contribution is -2.45. The topological polar surface area (TPSA) is 69.6 Å². The zero-order valence-corrected chi connectivity index (χ0v) is 13.9. The van der Waals surface area contributed by atoms with Crippen LogP contribution in [0.1, 0.15) is 43.7 Å². The quantitative estimate of drug-likeness (QED) is 0.877. The minimum atomic E-state index is -0.937. The summed E-state index contributed by atoms with van der Waals surface area (Å²) in [6, 6.07) is 8.48. The minimum absolute atomic E-state index is 0.0326. The van der Waals surface area contributed by atoms with E-state index in [2.05, 4.69) is 43.4 Å². The Kier molecular flexibility index (Phi) is 6.02. The van der Waals surface area contributed by atoms with Crippen LogP contribution in [0.3, 0.4) is 0 Å². The maximum atomic E-state index is 12.2. The van der Waals surface area contributed by atoms with Crippen LogP contribution in [-0.2, 0) is 11.2 Å². The molecular formula is C18H26N2O3. The van der Waals surface area contributed by atoms with Gasteiger partial charge in [0.25, 0.3) is 0 Å². The molecule has 1 aliphatic heterocycles. The van der Waals surface area contributed by atoms with Crippen LogP contribution >= 0.6 is 0 Å². The van der Waals surface area contributed by atoms with Crippen molar-refractivity contribution in [1.29, 1.82) is 0 Å². The minimum Gasteiger partial charge on any atom is -0.465 e. The Morgan fingerprint density at radius 2 is 2.00 bits per heavy atom. The molecule has 1 aromatic rings. The number of hydrogen-bond acceptors (Lipinski definition) is 2. The molecule has 23 heavy (non-hydrogen) atoms. The number of carbonyl (C=O) groups excluding carboxylic acids is 1. The Morgan fingerprint density at radius 1 is 1.30 bits per heavy atom. The number of carbonyl (C=O) groups is 2. The Balaban J connectivity index is 1.77. The van der Waals surface area contributed by atoms with Crippen LogP contribution in [0.5, 0.6) is 0 Å². The van der Waals surface area contributed by atoms with Crippen molar-refractivity contribution in [2.45, 2.75) is 39.0 Å². The number of hydrogen-bond donors (Lipinski definition) is 2. The first-order valence-corrected chi connectivity index (χ1v) is 8.31. The standard InChI is InChI=1S/C18H26N2O3/c1-13(2)15-7-5-14(6-8-15)9-10-19-17(21)16-4-3-11-20(12-16)18(22)23/h5-8,13,16H,3-4,9-12H2,1-2H3,(H,19,21)(H,22,23)/t16-/m1/s1. The van der Waals surface area contributed by atoms with Gasteiger partial charge >= 0.3 is 6.09 Å². The summed E-state index contributed by atoms with van der Waals surface area (Å²) in [6.45, 7) is 5.76. The van der Waals surface area contributed by atoms with E-state index in [0.717, 1.165) is 19.3 Å². The van der Waals surface area contributed by atoms with Crippen molar-refractivity contribution in [2.75, 3.05) is 19.6 Å². The SMILES string of the molecule is CC(C)c1ccc(CCNC(=O)[C@@H]2CCCN(C(=O)O)C2)cc1. The van der Waals surface area contributed by atoms with Gasteiger partial charge in [-0.15, -0.1) is 0 Å². The highest BCUT2D eigenvalue weighted by molar-refractivity contribution is 5.79. The predicted molar refractivity (Wildman–Crippen MR) is 89.6 cm³/mol. The van der Waals surface area contributed by atoms with Gasteiger partial charge in [0.1, 0.15) is 0 Å². The highest BCUT2D eigenvalue weighted by Gasteiger charge is 2.27. The molecule has 2 amide bonds. The predicted octanol–water partition coefficient (Wildman–Crippen LogP) is 2.86. The third-order valence-electron chi connectivity index (χ3n) is 4.42. The van der Waals surface area contributed by atoms with Crippen molar-refractivity contribution in [3.63, 3.8) is 0 Å². The van der Waals surface area contributed by atoms with Crippen molar-refractivity contribution in [1.82, 2.24) is 10.2 Å². The first-order valence-electron chi connectivity index (χ1n) is 8.31. The van der Waals surface area contributed by atoms with Gasteiger partial charge in [-0.05, 0) is 36.3 Å². The normalized spacial score (nSPS) is 18.0. The summed E-state index contributed by atoms with van der Waals surface area (Å²) in [5.41, 5.74) is 2.51. The van der Waals surface area contributed by atoms with Gasteiger partial charge < -0.3 is 15.3 Å². The Labute approximate surface area is 137 Å². The lowest BCUT2D eigenvalue weighted by molar-refractivity contribution is -0.126. The fourth-order valence-electron chi connectivity index (χ4n) is 2.91. The number of amides is 2. The molecule has 1 saturated heterocycles. The first-order chi connectivity index (χ1) is 11.0. The summed E-state index contributed by atoms with van der Waals surface area (Å²) in [6.07, 6.45) is 1.37. The summed E-state index contributed by atoms with van der Waals surface area (Å²) >= 11 is 0. The van der Waals surface area contributed by atoms with Crippen LogP contribution in [0.15, 0.2) is 24.3 Å². The number of piperidine rings is 1. The van der Waals surface area contributed by atoms with E-state index >= 15 is 0 Å². The average Bonchev–Trinajstić information content (AvgIpc) is 2.55. The smallest absolute Gasteiger partial charge is 0.407 e. The van der Waals surface area contributed by atoms with Crippen LogP contribution in [0, 0.1) is 5.92 Å². The molecule has 1 heterocycles. The van der Waals surface area contributed by atoms with E-state index in [1.54, 1.807) is 0 Å². The summed E-state index contributed by atoms with van der Waals surface area (Å²) in [5, 5.41) is 12.0. The summed E-state index contributed by atoms with van der Waals surface area (Å²) in [7, 11) is 0. The molecule has 0 aliphatic carbocycles. The van der Waals surface area contributed by atoms with Gasteiger partial charge in [0, 0.05) is 19.6 Å². The van der Waals surface area contributed by atoms with E-state index in [1.807, 2.05) is 0 Å². The number of benzene rings is 1. The second kappa shape index (κ2) is 7.99. The number of carboxylic acid groups (broad SMARTS) is 1. The second-order valence-electron chi connectivity index (χ2n) is 6.51. The Bertz CT molecular complexity index is 540. The van der Waals surface area contributed by atoms with Gasteiger partial charge in [0.05, 0.1) is 5.92 Å². The van der Waals surface area contributed by atoms with E-state index in [1.165, 1.54) is 16.0 Å². The lowest BCUT2D eigenvalue weighted by atomic mass is 9.97. The molecule has 126 valence electrons. The molecule has 0 bridgehead atoms. The summed E-state index contributed by atoms with van der Waals surface area (Å²) in [5.74, 6) is 0.269. The highest BCUT2D eigenvalue weighted by atomic mass is 16.4. The number of nitrogens with zero attached hydrogens (tertiary/aromatic N) is 1. The van der Waals surface area contributed by atoms with Crippen molar-refractivity contribution in [3.8, 4) is 0 Å². The van der Waals surface area contributed by atoms with Crippen molar-refractivity contribution in [2.24, 2.45) is 5.92 Å². The molecule has 2 rings (SSSR count). The Morgan fingerprint density at radius 3 is 2.61 bits per heavy atom. The molecule has 2 N–H and O–H groups in total. The van der Waals surface area contributed by atoms with Crippen LogP contribution in [0.25, 0.3) is 0 Å². The Hall–Kier alpha value is -2.04. The molecule has 1 atom stereocenters. The molecule has 5 heteroatoms. The van der Waals surface area contributed by atoms with E-state index in [0.29, 0.717) is 25.6 Å². The first kappa shape index (κ1) is 17.3. The highest BCUT2D eigenvalue weighted by Crippen LogP contribution is 2.17. The fourth-order valence-corrected chi connectivity index (χ4v) is 2.91. The summed E-state index contributed by atoms with van der Waals surface area (Å²) < 4.78 is 0. The van der Waals surface area contributed by atoms with Crippen LogP contribution < -0.4 is 5.32 Å². The van der Waals surface area contributed by atoms with Crippen molar-refractivity contribution >= 4 is 12.0 Å². The molecular weight excluding hydrogens is 292 g/mol. The van der Waals surface area contributed by atoms with Crippen molar-refractivity contribution < 1.29 is 14.7 Å². The molecule has 0 unspecified atom stereocenters. The van der Waals surface area contributed by atoms with E-state index in [-0.39, 0.29) is 11.8 Å². The monoisotopic (exact) mass is 318 g/mol. The lowest BCUT2D eigenvalue weighted by Gasteiger charge is -2.29. The van der Waals surface area contributed by atoms with Crippen LogP contribution in [-0.4, -0.2) is 41.6 Å². The van der Waals surface area contributed by atoms with Gasteiger partial charge in [-0.25, -0.2) is 4.79 Å². The summed E-state index contributed by atoms with van der Waals surface area (Å²) in [4.78, 5) is 24.5. The average molecular weight is 318 g/mol. The largest absolute Gasteiger partial charge is 0.465 e. The third kappa shape index (κ3) is 4.98. The zero-order valence-electron chi connectivity index (χ0n) is 13.9. The van der Waals surface area contributed by atoms with Gasteiger partial charge in [-0.1, -0.05) is 38.1 Å². The number of likely N-dealkylation sites (tertiary alicyclic amines) is 1. The number of rotatable bonds is 5. The second-order valence-corrected chi connectivity index (χ2v) is 6.51. The maximum Gasteiger partial charge on any atom is 0.407 e. The van der Waals surface area contributed by atoms with E-state index < -0.39 is 6.09 Å². The van der Waals surface area contributed by atoms with E-state index in [4.69, 9.17) is 5.11 Å². The van der Waals surface area contributed by atoms with Crippen LogP contribution in [0.4, 0.5) is 4.79 Å². The molecule has 1 fully saturated rings. The molecule has 0 aromatic heterocycles. The van der Waals surface area contributed by atoms with E-state index in [9.17, 15) is 9.59 Å². The zero-order chi connectivity index (χ0) is 16.8. The van der Waals surface area contributed by atoms with Gasteiger partial charge in [-0.2, -0.15) is 0 Å². The van der Waals surface area contributed by atoms with Crippen molar-refractivity contribution in [3.05, 3.63) is 35.4 Å². The third-order valence-corrected chi connectivity index (χ3v) is 4.42. The maximum absolute atomic E-state index is 12.2. The van der Waals surface area contributed by atoms with Gasteiger partial charge in [0.2, 0.25) is 5.91 Å². The molecule has 1 aromatic carbocycles. The molecule has 0 radical (unpaired) electrons. The molecule has 0 spiro atoms. The van der Waals surface area contributed by atoms with Crippen LogP contribution in [0.2, 0.25) is 0 Å². The van der Waals surface area contributed by atoms with Gasteiger partial charge in [-0.3, -0.25) is 4.79 Å². The fraction of sp³-hybridized carbons (Fsp3) is 0.556.